The molecule has 9 nitrogen and oxygen atoms in total. The predicted molar refractivity (Wildman–Crippen MR) is 113 cm³/mol. The highest BCUT2D eigenvalue weighted by atomic mass is 16.6. The molecule has 172 valence electrons. The summed E-state index contributed by atoms with van der Waals surface area (Å²) >= 11 is 0. The number of benzene rings is 2. The van der Waals surface area contributed by atoms with E-state index in [1.807, 2.05) is 18.2 Å². The minimum atomic E-state index is -0.495. The summed E-state index contributed by atoms with van der Waals surface area (Å²) in [5.41, 5.74) is 2.91. The number of carbonyl (C=O) groups is 2. The van der Waals surface area contributed by atoms with Crippen LogP contribution in [0, 0.1) is 0 Å². The molecule has 0 atom stereocenters. The molecule has 3 rings (SSSR count). The van der Waals surface area contributed by atoms with E-state index in [-0.39, 0.29) is 32.4 Å². The Morgan fingerprint density at radius 2 is 1.75 bits per heavy atom. The van der Waals surface area contributed by atoms with Crippen LogP contribution in [0.3, 0.4) is 0 Å². The molecule has 1 aliphatic heterocycles. The Bertz CT molecular complexity index is 955. The smallest absolute Gasteiger partial charge is 0.338 e. The van der Waals surface area contributed by atoms with Crippen LogP contribution in [0.4, 0.5) is 0 Å². The lowest BCUT2D eigenvalue weighted by Crippen LogP contribution is -2.18. The molecule has 1 heterocycles. The maximum absolute atomic E-state index is 11.8. The quantitative estimate of drug-likeness (QED) is 0.360. The van der Waals surface area contributed by atoms with E-state index in [9.17, 15) is 9.59 Å². The lowest BCUT2D eigenvalue weighted by molar-refractivity contribution is -0.150. The Kier molecular flexibility index (Phi) is 8.29. The van der Waals surface area contributed by atoms with E-state index >= 15 is 0 Å². The van der Waals surface area contributed by atoms with Crippen molar-refractivity contribution in [1.82, 2.24) is 0 Å². The van der Waals surface area contributed by atoms with E-state index in [4.69, 9.17) is 33.2 Å². The molecule has 0 spiro atoms. The van der Waals surface area contributed by atoms with E-state index in [2.05, 4.69) is 0 Å². The summed E-state index contributed by atoms with van der Waals surface area (Å²) in [7, 11) is 4.60. The predicted octanol–water partition coefficient (Wildman–Crippen LogP) is 2.63. The second-order valence-electron chi connectivity index (χ2n) is 6.74. The second kappa shape index (κ2) is 11.4. The maximum atomic E-state index is 11.8. The first-order valence-electron chi connectivity index (χ1n) is 9.99. The molecule has 0 N–H and O–H groups in total. The molecular formula is C23H26O9. The molecular weight excluding hydrogens is 420 g/mol. The van der Waals surface area contributed by atoms with Gasteiger partial charge in [0.25, 0.3) is 0 Å². The van der Waals surface area contributed by atoms with E-state index in [0.29, 0.717) is 36.0 Å². The Balaban J connectivity index is 1.73. The van der Waals surface area contributed by atoms with Gasteiger partial charge in [-0.25, -0.2) is 9.59 Å². The summed E-state index contributed by atoms with van der Waals surface area (Å²) in [5.74, 6) is 0.514. The van der Waals surface area contributed by atoms with Gasteiger partial charge in [0.05, 0.1) is 33.0 Å². The third-order valence-electron chi connectivity index (χ3n) is 4.74. The number of ether oxygens (including phenoxy) is 7. The largest absolute Gasteiger partial charge is 0.493 e. The van der Waals surface area contributed by atoms with Crippen LogP contribution < -0.4 is 14.2 Å². The highest BCUT2D eigenvalue weighted by Gasteiger charge is 2.23. The van der Waals surface area contributed by atoms with Crippen LogP contribution in [-0.4, -0.2) is 66.3 Å². The first kappa shape index (κ1) is 23.4. The number of methoxy groups -OCH3 is 3. The van der Waals surface area contributed by atoms with Crippen molar-refractivity contribution in [3.8, 4) is 28.4 Å². The van der Waals surface area contributed by atoms with Gasteiger partial charge >= 0.3 is 11.9 Å². The Labute approximate surface area is 186 Å². The van der Waals surface area contributed by atoms with Crippen molar-refractivity contribution in [3.05, 3.63) is 41.5 Å². The maximum Gasteiger partial charge on any atom is 0.338 e. The second-order valence-corrected chi connectivity index (χ2v) is 6.74. The van der Waals surface area contributed by atoms with Crippen molar-refractivity contribution in [2.75, 3.05) is 54.4 Å². The van der Waals surface area contributed by atoms with Gasteiger partial charge in [-0.1, -0.05) is 6.07 Å². The SMILES string of the molecule is COCCOCC(=O)OCCOc1c(-c2ccc3c(c2)COC3=O)ccc(OC)c1OC. The summed E-state index contributed by atoms with van der Waals surface area (Å²) in [6, 6.07) is 9.04. The summed E-state index contributed by atoms with van der Waals surface area (Å²) in [6.45, 7) is 0.897. The van der Waals surface area contributed by atoms with Crippen molar-refractivity contribution in [3.63, 3.8) is 0 Å². The molecule has 0 unspecified atom stereocenters. The van der Waals surface area contributed by atoms with Gasteiger partial charge < -0.3 is 33.2 Å². The van der Waals surface area contributed by atoms with Crippen molar-refractivity contribution in [1.29, 1.82) is 0 Å². The van der Waals surface area contributed by atoms with Crippen LogP contribution in [0.25, 0.3) is 11.1 Å². The van der Waals surface area contributed by atoms with Crippen LogP contribution in [-0.2, 0) is 30.3 Å². The fourth-order valence-electron chi connectivity index (χ4n) is 3.21. The van der Waals surface area contributed by atoms with Crippen LogP contribution in [0.2, 0.25) is 0 Å². The topological polar surface area (TPSA) is 98.8 Å². The third kappa shape index (κ3) is 5.49. The lowest BCUT2D eigenvalue weighted by atomic mass is 9.99. The van der Waals surface area contributed by atoms with Gasteiger partial charge in [-0.2, -0.15) is 0 Å². The fourth-order valence-corrected chi connectivity index (χ4v) is 3.21. The molecule has 0 fully saturated rings. The third-order valence-corrected chi connectivity index (χ3v) is 4.74. The molecule has 0 saturated heterocycles. The molecule has 0 radical (unpaired) electrons. The van der Waals surface area contributed by atoms with Gasteiger partial charge in [0.2, 0.25) is 5.75 Å². The lowest BCUT2D eigenvalue weighted by Gasteiger charge is -2.18. The molecule has 0 bridgehead atoms. The van der Waals surface area contributed by atoms with Gasteiger partial charge in [-0.3, -0.25) is 0 Å². The van der Waals surface area contributed by atoms with Crippen molar-refractivity contribution in [2.24, 2.45) is 0 Å². The van der Waals surface area contributed by atoms with Crippen LogP contribution in [0.1, 0.15) is 15.9 Å². The zero-order valence-corrected chi connectivity index (χ0v) is 18.3. The number of carbonyl (C=O) groups excluding carboxylic acids is 2. The highest BCUT2D eigenvalue weighted by Crippen LogP contribution is 2.45. The van der Waals surface area contributed by atoms with E-state index < -0.39 is 5.97 Å². The van der Waals surface area contributed by atoms with Crippen molar-refractivity contribution in [2.45, 2.75) is 6.61 Å². The van der Waals surface area contributed by atoms with Gasteiger partial charge in [0, 0.05) is 18.2 Å². The van der Waals surface area contributed by atoms with E-state index in [1.54, 1.807) is 19.2 Å². The molecule has 0 saturated carbocycles. The average molecular weight is 446 g/mol. The van der Waals surface area contributed by atoms with Crippen LogP contribution in [0.5, 0.6) is 17.2 Å². The Hall–Kier alpha value is -3.30. The van der Waals surface area contributed by atoms with Crippen molar-refractivity contribution >= 4 is 11.9 Å². The zero-order chi connectivity index (χ0) is 22.9. The first-order chi connectivity index (χ1) is 15.6. The number of rotatable bonds is 12. The minimum Gasteiger partial charge on any atom is -0.493 e. The molecule has 2 aromatic rings. The Morgan fingerprint density at radius 3 is 2.50 bits per heavy atom. The normalized spacial score (nSPS) is 12.2. The number of hydrogen-bond donors (Lipinski definition) is 0. The van der Waals surface area contributed by atoms with E-state index in [0.717, 1.165) is 16.7 Å². The number of cyclic esters (lactones) is 1. The fraction of sp³-hybridized carbons (Fsp3) is 0.391. The number of esters is 2. The van der Waals surface area contributed by atoms with Gasteiger partial charge in [0.1, 0.15) is 26.4 Å². The molecule has 0 aromatic heterocycles. The number of fused-ring (bicyclic) bond motifs is 1. The molecule has 0 aliphatic carbocycles. The molecule has 0 amide bonds. The molecule has 1 aliphatic rings. The molecule has 9 heteroatoms. The average Bonchev–Trinajstić information content (AvgIpc) is 3.18. The van der Waals surface area contributed by atoms with Gasteiger partial charge in [0.15, 0.2) is 11.5 Å². The summed E-state index contributed by atoms with van der Waals surface area (Å²) < 4.78 is 37.1. The van der Waals surface area contributed by atoms with Crippen LogP contribution >= 0.6 is 0 Å². The monoisotopic (exact) mass is 446 g/mol. The molecule has 2 aromatic carbocycles. The molecule has 32 heavy (non-hydrogen) atoms. The van der Waals surface area contributed by atoms with Crippen molar-refractivity contribution < 1.29 is 42.7 Å². The number of hydrogen-bond acceptors (Lipinski definition) is 9. The van der Waals surface area contributed by atoms with Gasteiger partial charge in [-0.05, 0) is 29.8 Å². The summed E-state index contributed by atoms with van der Waals surface area (Å²) in [6.07, 6.45) is 0. The minimum absolute atomic E-state index is 0.0266. The standard InChI is InChI=1S/C23H26O9/c1-26-8-9-29-14-20(24)30-10-11-31-21-17(6-7-19(27-2)22(21)28-3)15-4-5-18-16(12-15)13-32-23(18)25/h4-7,12H,8-11,13-14H2,1-3H3. The van der Waals surface area contributed by atoms with Crippen LogP contribution in [0.15, 0.2) is 30.3 Å². The summed E-state index contributed by atoms with van der Waals surface area (Å²) in [5, 5.41) is 0. The summed E-state index contributed by atoms with van der Waals surface area (Å²) in [4.78, 5) is 23.5. The zero-order valence-electron chi connectivity index (χ0n) is 18.3. The highest BCUT2D eigenvalue weighted by molar-refractivity contribution is 5.94. The van der Waals surface area contributed by atoms with E-state index in [1.165, 1.54) is 14.2 Å². The Morgan fingerprint density at radius 1 is 0.938 bits per heavy atom. The first-order valence-corrected chi connectivity index (χ1v) is 9.99. The van der Waals surface area contributed by atoms with Gasteiger partial charge in [-0.15, -0.1) is 0 Å².